The maximum Gasteiger partial charge on any atom is 0.407 e. The van der Waals surface area contributed by atoms with Gasteiger partial charge in [0.1, 0.15) is 6.61 Å². The highest BCUT2D eigenvalue weighted by molar-refractivity contribution is 5.91. The minimum absolute atomic E-state index is 0.0131. The third-order valence-corrected chi connectivity index (χ3v) is 2.35. The molecule has 0 unspecified atom stereocenters. The van der Waals surface area contributed by atoms with Crippen LogP contribution >= 0.6 is 0 Å². The molecule has 0 saturated heterocycles. The molecule has 0 heterocycles. The molecule has 0 aromatic heterocycles. The number of methoxy groups -OCH3 is 1. The minimum atomic E-state index is -0.688. The average Bonchev–Trinajstić information content (AvgIpc) is 2.40. The number of hydrogen-bond acceptors (Lipinski definition) is 6. The van der Waals surface area contributed by atoms with E-state index in [0.29, 0.717) is 0 Å². The van der Waals surface area contributed by atoms with Gasteiger partial charge in [-0.3, -0.25) is 0 Å². The molecule has 7 nitrogen and oxygen atoms in total. The van der Waals surface area contributed by atoms with Crippen LogP contribution in [-0.2, 0) is 23.8 Å². The van der Waals surface area contributed by atoms with Gasteiger partial charge in [0.2, 0.25) is 0 Å². The fourth-order valence-electron chi connectivity index (χ4n) is 1.15. The summed E-state index contributed by atoms with van der Waals surface area (Å²) in [4.78, 5) is 33.4. The van der Waals surface area contributed by atoms with Gasteiger partial charge in [0.25, 0.3) is 0 Å². The third kappa shape index (κ3) is 8.12. The molecular weight excluding hydrogens is 266 g/mol. The van der Waals surface area contributed by atoms with E-state index in [2.05, 4.69) is 10.1 Å². The van der Waals surface area contributed by atoms with Crippen molar-refractivity contribution in [2.24, 2.45) is 5.92 Å². The molecule has 0 aliphatic rings. The Labute approximate surface area is 118 Å². The molecule has 0 saturated carbocycles. The van der Waals surface area contributed by atoms with Gasteiger partial charge < -0.3 is 19.5 Å². The molecule has 0 aliphatic carbocycles. The highest BCUT2D eigenvalue weighted by atomic mass is 16.6. The summed E-state index contributed by atoms with van der Waals surface area (Å²) in [5.41, 5.74) is 0. The van der Waals surface area contributed by atoms with Crippen LogP contribution in [0.2, 0.25) is 0 Å². The number of nitrogens with one attached hydrogen (secondary N) is 1. The molecule has 0 aromatic rings. The standard InChI is InChI=1S/C13H21NO6/c1-5-19-13(17)14-10(9(2)3)8-20-12(16)7-6-11(15)18-4/h6-7,9-10H,5,8H2,1-4H3,(H,14,17)/b7-6+/t10-/m0/s1. The Morgan fingerprint density at radius 3 is 2.20 bits per heavy atom. The number of alkyl carbamates (subject to hydrolysis) is 1. The minimum Gasteiger partial charge on any atom is -0.466 e. The molecule has 7 heteroatoms. The summed E-state index contributed by atoms with van der Waals surface area (Å²) in [5.74, 6) is -1.28. The number of rotatable bonds is 7. The Kier molecular flexibility index (Phi) is 8.82. The molecule has 114 valence electrons. The molecule has 0 bridgehead atoms. The molecule has 1 amide bonds. The van der Waals surface area contributed by atoms with Gasteiger partial charge in [-0.1, -0.05) is 13.8 Å². The van der Waals surface area contributed by atoms with Crippen molar-refractivity contribution < 1.29 is 28.6 Å². The Bertz CT molecular complexity index is 364. The fraction of sp³-hybridized carbons (Fsp3) is 0.615. The zero-order chi connectivity index (χ0) is 15.5. The van der Waals surface area contributed by atoms with Crippen LogP contribution in [0, 0.1) is 5.92 Å². The molecule has 0 fully saturated rings. The van der Waals surface area contributed by atoms with Gasteiger partial charge in [0.05, 0.1) is 19.8 Å². The van der Waals surface area contributed by atoms with Crippen LogP contribution in [0.4, 0.5) is 4.79 Å². The van der Waals surface area contributed by atoms with E-state index >= 15 is 0 Å². The van der Waals surface area contributed by atoms with Crippen LogP contribution < -0.4 is 5.32 Å². The first-order chi connectivity index (χ1) is 9.40. The van der Waals surface area contributed by atoms with E-state index in [9.17, 15) is 14.4 Å². The lowest BCUT2D eigenvalue weighted by atomic mass is 10.1. The number of hydrogen-bond donors (Lipinski definition) is 1. The molecule has 20 heavy (non-hydrogen) atoms. The SMILES string of the molecule is CCOC(=O)N[C@@H](COC(=O)/C=C/C(=O)OC)C(C)C. The van der Waals surface area contributed by atoms with Crippen molar-refractivity contribution in [3.63, 3.8) is 0 Å². The normalized spacial score (nSPS) is 12.1. The second-order valence-corrected chi connectivity index (χ2v) is 4.20. The summed E-state index contributed by atoms with van der Waals surface area (Å²) >= 11 is 0. The van der Waals surface area contributed by atoms with E-state index in [1.54, 1.807) is 6.92 Å². The summed E-state index contributed by atoms with van der Waals surface area (Å²) in [7, 11) is 1.20. The van der Waals surface area contributed by atoms with E-state index in [1.807, 2.05) is 13.8 Å². The lowest BCUT2D eigenvalue weighted by molar-refractivity contribution is -0.140. The largest absolute Gasteiger partial charge is 0.466 e. The topological polar surface area (TPSA) is 90.9 Å². The van der Waals surface area contributed by atoms with Crippen molar-refractivity contribution in [2.45, 2.75) is 26.8 Å². The Morgan fingerprint density at radius 2 is 1.70 bits per heavy atom. The molecule has 0 aromatic carbocycles. The van der Waals surface area contributed by atoms with Crippen LogP contribution in [-0.4, -0.2) is 44.4 Å². The first-order valence-electron chi connectivity index (χ1n) is 6.26. The van der Waals surface area contributed by atoms with E-state index in [4.69, 9.17) is 9.47 Å². The summed E-state index contributed by atoms with van der Waals surface area (Å²) < 4.78 is 14.0. The van der Waals surface area contributed by atoms with Gasteiger partial charge >= 0.3 is 18.0 Å². The first-order valence-corrected chi connectivity index (χ1v) is 6.26. The second kappa shape index (κ2) is 9.82. The zero-order valence-electron chi connectivity index (χ0n) is 12.2. The van der Waals surface area contributed by atoms with Crippen molar-refractivity contribution in [1.82, 2.24) is 5.32 Å². The van der Waals surface area contributed by atoms with E-state index in [0.717, 1.165) is 12.2 Å². The summed E-state index contributed by atoms with van der Waals surface area (Å²) in [5, 5.41) is 2.59. The number of carbonyl (C=O) groups excluding carboxylic acids is 3. The first kappa shape index (κ1) is 17.9. The van der Waals surface area contributed by atoms with Gasteiger partial charge in [-0.05, 0) is 12.8 Å². The number of esters is 2. The van der Waals surface area contributed by atoms with Crippen molar-refractivity contribution in [3.8, 4) is 0 Å². The van der Waals surface area contributed by atoms with Gasteiger partial charge in [0, 0.05) is 12.2 Å². The maximum atomic E-state index is 11.3. The lowest BCUT2D eigenvalue weighted by Crippen LogP contribution is -2.42. The summed E-state index contributed by atoms with van der Waals surface area (Å²) in [6.07, 6.45) is 1.37. The Hall–Kier alpha value is -2.05. The molecular formula is C13H21NO6. The predicted molar refractivity (Wildman–Crippen MR) is 70.9 cm³/mol. The van der Waals surface area contributed by atoms with Gasteiger partial charge in [-0.25, -0.2) is 14.4 Å². The van der Waals surface area contributed by atoms with Gasteiger partial charge in [-0.2, -0.15) is 0 Å². The Morgan fingerprint density at radius 1 is 1.10 bits per heavy atom. The number of amides is 1. The van der Waals surface area contributed by atoms with E-state index in [-0.39, 0.29) is 25.2 Å². The van der Waals surface area contributed by atoms with Crippen LogP contribution in [0.5, 0.6) is 0 Å². The molecule has 0 rings (SSSR count). The van der Waals surface area contributed by atoms with Crippen LogP contribution in [0.15, 0.2) is 12.2 Å². The van der Waals surface area contributed by atoms with Crippen LogP contribution in [0.3, 0.4) is 0 Å². The quantitative estimate of drug-likeness (QED) is 0.427. The third-order valence-electron chi connectivity index (χ3n) is 2.35. The van der Waals surface area contributed by atoms with Gasteiger partial charge in [0.15, 0.2) is 0 Å². The van der Waals surface area contributed by atoms with E-state index < -0.39 is 18.0 Å². The molecule has 1 N–H and O–H groups in total. The second-order valence-electron chi connectivity index (χ2n) is 4.20. The highest BCUT2D eigenvalue weighted by Gasteiger charge is 2.18. The maximum absolute atomic E-state index is 11.3. The van der Waals surface area contributed by atoms with Crippen molar-refractivity contribution in [2.75, 3.05) is 20.3 Å². The van der Waals surface area contributed by atoms with Crippen LogP contribution in [0.1, 0.15) is 20.8 Å². The summed E-state index contributed by atoms with van der Waals surface area (Å²) in [6.45, 7) is 5.69. The fourth-order valence-corrected chi connectivity index (χ4v) is 1.15. The van der Waals surface area contributed by atoms with Crippen molar-refractivity contribution >= 4 is 18.0 Å². The lowest BCUT2D eigenvalue weighted by Gasteiger charge is -2.21. The molecule has 0 aliphatic heterocycles. The van der Waals surface area contributed by atoms with E-state index in [1.165, 1.54) is 7.11 Å². The monoisotopic (exact) mass is 287 g/mol. The predicted octanol–water partition coefficient (Wildman–Crippen LogP) is 1.03. The summed E-state index contributed by atoms with van der Waals surface area (Å²) in [6, 6.07) is -0.371. The number of ether oxygens (including phenoxy) is 3. The highest BCUT2D eigenvalue weighted by Crippen LogP contribution is 2.03. The number of carbonyl (C=O) groups is 3. The smallest absolute Gasteiger partial charge is 0.407 e. The van der Waals surface area contributed by atoms with Crippen molar-refractivity contribution in [3.05, 3.63) is 12.2 Å². The molecule has 0 radical (unpaired) electrons. The van der Waals surface area contributed by atoms with Crippen molar-refractivity contribution in [1.29, 1.82) is 0 Å². The zero-order valence-corrected chi connectivity index (χ0v) is 12.2. The molecule has 0 spiro atoms. The molecule has 1 atom stereocenters. The average molecular weight is 287 g/mol. The van der Waals surface area contributed by atoms with Crippen LogP contribution in [0.25, 0.3) is 0 Å². The Balaban J connectivity index is 4.27. The van der Waals surface area contributed by atoms with Gasteiger partial charge in [-0.15, -0.1) is 0 Å².